The molecule has 0 saturated heterocycles. The fraction of sp³-hybridized carbons (Fsp3) is 0.125. The first-order chi connectivity index (χ1) is 13.2. The van der Waals surface area contributed by atoms with Gasteiger partial charge in [-0.2, -0.15) is 5.10 Å². The number of benzene rings is 2. The fourth-order valence-electron chi connectivity index (χ4n) is 2.02. The van der Waals surface area contributed by atoms with Gasteiger partial charge in [-0.3, -0.25) is 25.0 Å². The van der Waals surface area contributed by atoms with Crippen LogP contribution in [0.15, 0.2) is 35.4 Å². The summed E-state index contributed by atoms with van der Waals surface area (Å²) in [5, 5.41) is 37.6. The number of nitrogens with one attached hydrogen (secondary N) is 1. The zero-order valence-electron chi connectivity index (χ0n) is 14.2. The normalized spacial score (nSPS) is 10.6. The molecular weight excluding hydrogens is 396 g/mol. The third-order valence-corrected chi connectivity index (χ3v) is 3.81. The molecule has 12 heteroatoms. The van der Waals surface area contributed by atoms with E-state index in [1.54, 1.807) is 25.1 Å². The summed E-state index contributed by atoms with van der Waals surface area (Å²) in [7, 11) is 0. The summed E-state index contributed by atoms with van der Waals surface area (Å²) in [4.78, 5) is 31.5. The van der Waals surface area contributed by atoms with Crippen LogP contribution < -0.4 is 15.3 Å². The van der Waals surface area contributed by atoms with Gasteiger partial charge in [-0.1, -0.05) is 11.6 Å². The summed E-state index contributed by atoms with van der Waals surface area (Å²) in [6.07, 6.45) is 0.784. The Balaban J connectivity index is 2.05. The molecule has 146 valence electrons. The van der Waals surface area contributed by atoms with E-state index in [0.717, 1.165) is 17.8 Å². The average Bonchev–Trinajstić information content (AvgIpc) is 2.63. The number of nitrogens with zero attached hydrogens (tertiary/aromatic N) is 3. The summed E-state index contributed by atoms with van der Waals surface area (Å²) >= 11 is 5.88. The molecule has 0 aliphatic rings. The van der Waals surface area contributed by atoms with E-state index >= 15 is 0 Å². The van der Waals surface area contributed by atoms with E-state index in [1.807, 2.05) is 0 Å². The largest absolute Gasteiger partial charge is 0.867 e. The van der Waals surface area contributed by atoms with Crippen LogP contribution in [0.1, 0.15) is 11.1 Å². The quantitative estimate of drug-likeness (QED) is 0.417. The van der Waals surface area contributed by atoms with Crippen molar-refractivity contribution in [3.63, 3.8) is 0 Å². The van der Waals surface area contributed by atoms with Gasteiger partial charge in [0.15, 0.2) is 6.61 Å². The SMILES string of the molecule is Cc1cc(OCC(=O)N/N=C\c2cc([N+](=O)[O-])cc([N+](=O)[O-])c2[O-])ccc1Cl. The molecule has 0 fully saturated rings. The lowest BCUT2D eigenvalue weighted by molar-refractivity contribution is -0.403. The van der Waals surface area contributed by atoms with Crippen molar-refractivity contribution in [2.24, 2.45) is 5.10 Å². The third-order valence-electron chi connectivity index (χ3n) is 3.38. The number of hydrazone groups is 1. The Labute approximate surface area is 162 Å². The molecule has 0 aromatic heterocycles. The molecule has 11 nitrogen and oxygen atoms in total. The van der Waals surface area contributed by atoms with Gasteiger partial charge in [0.05, 0.1) is 22.1 Å². The fourth-order valence-corrected chi connectivity index (χ4v) is 2.14. The molecule has 28 heavy (non-hydrogen) atoms. The van der Waals surface area contributed by atoms with Gasteiger partial charge >= 0.3 is 0 Å². The van der Waals surface area contributed by atoms with Crippen molar-refractivity contribution in [1.82, 2.24) is 5.43 Å². The number of aryl methyl sites for hydroxylation is 1. The van der Waals surface area contributed by atoms with Gasteiger partial charge in [0.2, 0.25) is 0 Å². The monoisotopic (exact) mass is 407 g/mol. The number of nitro benzene ring substituents is 2. The van der Waals surface area contributed by atoms with Crippen molar-refractivity contribution in [2.75, 3.05) is 6.61 Å². The van der Waals surface area contributed by atoms with Crippen molar-refractivity contribution in [3.8, 4) is 11.5 Å². The molecule has 0 spiro atoms. The number of hydrogen-bond donors (Lipinski definition) is 1. The lowest BCUT2D eigenvalue weighted by Gasteiger charge is -2.10. The number of ether oxygens (including phenoxy) is 1. The lowest BCUT2D eigenvalue weighted by Crippen LogP contribution is -2.24. The van der Waals surface area contributed by atoms with Crippen molar-refractivity contribution in [3.05, 3.63) is 66.7 Å². The highest BCUT2D eigenvalue weighted by molar-refractivity contribution is 6.31. The number of halogens is 1. The number of nitro groups is 2. The van der Waals surface area contributed by atoms with E-state index in [2.05, 4.69) is 10.5 Å². The predicted molar refractivity (Wildman–Crippen MR) is 96.6 cm³/mol. The number of hydrogen-bond acceptors (Lipinski definition) is 8. The Morgan fingerprint density at radius 2 is 1.96 bits per heavy atom. The first-order valence-electron chi connectivity index (χ1n) is 7.53. The van der Waals surface area contributed by atoms with Gasteiger partial charge in [0, 0.05) is 16.7 Å². The first-order valence-corrected chi connectivity index (χ1v) is 7.91. The van der Waals surface area contributed by atoms with Crippen LogP contribution in [-0.4, -0.2) is 28.6 Å². The highest BCUT2D eigenvalue weighted by Crippen LogP contribution is 2.31. The third kappa shape index (κ3) is 5.14. The molecule has 0 heterocycles. The zero-order chi connectivity index (χ0) is 20.8. The molecular formula is C16H12ClN4O7-. The highest BCUT2D eigenvalue weighted by atomic mass is 35.5. The van der Waals surface area contributed by atoms with Gasteiger partial charge in [0.25, 0.3) is 17.3 Å². The number of rotatable bonds is 7. The molecule has 0 aliphatic heterocycles. The summed E-state index contributed by atoms with van der Waals surface area (Å²) < 4.78 is 5.25. The van der Waals surface area contributed by atoms with Gasteiger partial charge in [-0.15, -0.1) is 0 Å². The summed E-state index contributed by atoms with van der Waals surface area (Å²) in [5.74, 6) is -1.35. The molecule has 1 amide bonds. The number of carbonyl (C=O) groups excluding carboxylic acids is 1. The highest BCUT2D eigenvalue weighted by Gasteiger charge is 2.18. The minimum absolute atomic E-state index is 0.400. The van der Waals surface area contributed by atoms with Crippen LogP contribution in [-0.2, 0) is 4.79 Å². The van der Waals surface area contributed by atoms with E-state index in [0.29, 0.717) is 16.8 Å². The van der Waals surface area contributed by atoms with Gasteiger partial charge < -0.3 is 9.84 Å². The summed E-state index contributed by atoms with van der Waals surface area (Å²) in [5.41, 5.74) is 0.768. The first kappa shape index (κ1) is 20.6. The molecule has 2 rings (SSSR count). The zero-order valence-corrected chi connectivity index (χ0v) is 15.0. The van der Waals surface area contributed by atoms with Crippen LogP contribution in [0.4, 0.5) is 11.4 Å². The van der Waals surface area contributed by atoms with Crippen molar-refractivity contribution in [1.29, 1.82) is 0 Å². The van der Waals surface area contributed by atoms with Crippen LogP contribution in [0.5, 0.6) is 11.5 Å². The molecule has 0 bridgehead atoms. The Kier molecular flexibility index (Phi) is 6.45. The summed E-state index contributed by atoms with van der Waals surface area (Å²) in [6.45, 7) is 1.36. The molecule has 0 atom stereocenters. The second-order valence-corrected chi connectivity index (χ2v) is 5.80. The minimum atomic E-state index is -1.07. The van der Waals surface area contributed by atoms with E-state index in [1.165, 1.54) is 0 Å². The van der Waals surface area contributed by atoms with Crippen LogP contribution in [0.3, 0.4) is 0 Å². The van der Waals surface area contributed by atoms with Crippen LogP contribution >= 0.6 is 11.6 Å². The van der Waals surface area contributed by atoms with E-state index in [9.17, 15) is 30.1 Å². The van der Waals surface area contributed by atoms with Crippen LogP contribution in [0.25, 0.3) is 0 Å². The predicted octanol–water partition coefficient (Wildman–Crippen LogP) is 2.07. The molecule has 1 N–H and O–H groups in total. The standard InChI is InChI=1S/C16H13ClN4O7/c1-9-4-12(2-3-13(9)17)28-8-15(22)19-18-7-10-5-11(20(24)25)6-14(16(10)23)21(26)27/h2-7,23H,8H2,1H3,(H,19,22)/p-1/b18-7-. The number of carbonyl (C=O) groups is 1. The maximum absolute atomic E-state index is 11.9. The Morgan fingerprint density at radius 1 is 1.25 bits per heavy atom. The Bertz CT molecular complexity index is 978. The topological polar surface area (TPSA) is 160 Å². The minimum Gasteiger partial charge on any atom is -0.867 e. The molecule has 2 aromatic rings. The average molecular weight is 408 g/mol. The Morgan fingerprint density at radius 3 is 2.57 bits per heavy atom. The van der Waals surface area contributed by atoms with Gasteiger partial charge in [-0.25, -0.2) is 5.43 Å². The van der Waals surface area contributed by atoms with Crippen molar-refractivity contribution in [2.45, 2.75) is 6.92 Å². The van der Waals surface area contributed by atoms with Crippen molar-refractivity contribution < 1.29 is 24.5 Å². The molecule has 2 aromatic carbocycles. The maximum atomic E-state index is 11.9. The van der Waals surface area contributed by atoms with Gasteiger partial charge in [-0.05, 0) is 36.4 Å². The van der Waals surface area contributed by atoms with E-state index in [-0.39, 0.29) is 0 Å². The second-order valence-electron chi connectivity index (χ2n) is 5.39. The molecule has 0 unspecified atom stereocenters. The Hall–Kier alpha value is -3.73. The molecule has 0 radical (unpaired) electrons. The number of non-ortho nitro benzene ring substituents is 1. The number of amides is 1. The maximum Gasteiger partial charge on any atom is 0.277 e. The summed E-state index contributed by atoms with van der Waals surface area (Å²) in [6, 6.07) is 6.17. The van der Waals surface area contributed by atoms with E-state index < -0.39 is 45.0 Å². The smallest absolute Gasteiger partial charge is 0.277 e. The lowest BCUT2D eigenvalue weighted by atomic mass is 10.1. The van der Waals surface area contributed by atoms with E-state index in [4.69, 9.17) is 16.3 Å². The van der Waals surface area contributed by atoms with Crippen molar-refractivity contribution >= 4 is 35.1 Å². The molecule has 0 saturated carbocycles. The van der Waals surface area contributed by atoms with Gasteiger partial charge in [0.1, 0.15) is 5.75 Å². The van der Waals surface area contributed by atoms with Crippen LogP contribution in [0, 0.1) is 27.2 Å². The van der Waals surface area contributed by atoms with Crippen LogP contribution in [0.2, 0.25) is 5.02 Å². The second kappa shape index (κ2) is 8.77. The molecule has 0 aliphatic carbocycles.